The van der Waals surface area contributed by atoms with Gasteiger partial charge in [0.1, 0.15) is 18.2 Å². The number of benzene rings is 3. The third kappa shape index (κ3) is 5.72. The average molecular weight is 395 g/mol. The second-order valence-corrected chi connectivity index (χ2v) is 6.60. The van der Waals surface area contributed by atoms with Gasteiger partial charge in [0.05, 0.1) is 14.2 Å². The monoisotopic (exact) mass is 395 g/mol. The van der Waals surface area contributed by atoms with Crippen LogP contribution in [0.5, 0.6) is 17.2 Å². The number of ether oxygens (including phenoxy) is 3. The minimum atomic E-state index is -0.276. The molecule has 0 aliphatic rings. The van der Waals surface area contributed by atoms with Crippen molar-refractivity contribution in [1.82, 2.24) is 5.32 Å². The second-order valence-electron chi connectivity index (χ2n) is 6.60. The molecule has 3 aromatic rings. The van der Waals surface area contributed by atoms with Gasteiger partial charge < -0.3 is 19.5 Å². The molecule has 0 heterocycles. The minimum Gasteiger partial charge on any atom is -0.497 e. The zero-order valence-electron chi connectivity index (χ0n) is 16.8. The van der Waals surface area contributed by atoms with Gasteiger partial charge in [0.25, 0.3) is 0 Å². The molecule has 5 heteroatoms. The molecule has 4 nitrogen and oxygen atoms in total. The molecule has 0 spiro atoms. The van der Waals surface area contributed by atoms with Gasteiger partial charge in [-0.3, -0.25) is 0 Å². The third-order valence-corrected chi connectivity index (χ3v) is 4.68. The van der Waals surface area contributed by atoms with E-state index in [0.29, 0.717) is 23.6 Å². The van der Waals surface area contributed by atoms with Gasteiger partial charge in [-0.2, -0.15) is 0 Å². The molecule has 0 saturated carbocycles. The van der Waals surface area contributed by atoms with Crippen molar-refractivity contribution in [2.24, 2.45) is 0 Å². The van der Waals surface area contributed by atoms with E-state index in [2.05, 4.69) is 17.4 Å². The number of nitrogens with one attached hydrogen (secondary N) is 1. The van der Waals surface area contributed by atoms with Crippen molar-refractivity contribution in [3.8, 4) is 17.2 Å². The molecule has 152 valence electrons. The van der Waals surface area contributed by atoms with Gasteiger partial charge in [0, 0.05) is 17.7 Å². The highest BCUT2D eigenvalue weighted by Crippen LogP contribution is 2.32. The Kier molecular flexibility index (Phi) is 7.47. The van der Waals surface area contributed by atoms with Crippen LogP contribution in [0.25, 0.3) is 0 Å². The largest absolute Gasteiger partial charge is 0.497 e. The fraction of sp³-hybridized carbons (Fsp3) is 0.250. The number of hydrogen-bond donors (Lipinski definition) is 1. The Morgan fingerprint density at radius 1 is 0.828 bits per heavy atom. The molecule has 1 N–H and O–H groups in total. The van der Waals surface area contributed by atoms with Gasteiger partial charge in [0.2, 0.25) is 0 Å². The van der Waals surface area contributed by atoms with E-state index in [9.17, 15) is 4.39 Å². The molecule has 0 aliphatic carbocycles. The molecule has 3 rings (SSSR count). The summed E-state index contributed by atoms with van der Waals surface area (Å²) in [5, 5.41) is 3.44. The first kappa shape index (κ1) is 20.7. The SMILES string of the molecule is COc1ccc(CCNCc2cccc(OC)c2OCc2ccccc2F)cc1. The summed E-state index contributed by atoms with van der Waals surface area (Å²) >= 11 is 0. The molecular formula is C24H26FNO3. The van der Waals surface area contributed by atoms with E-state index in [1.54, 1.807) is 32.4 Å². The van der Waals surface area contributed by atoms with Gasteiger partial charge in [-0.15, -0.1) is 0 Å². The predicted octanol–water partition coefficient (Wildman–Crippen LogP) is 4.75. The van der Waals surface area contributed by atoms with E-state index >= 15 is 0 Å². The highest BCUT2D eigenvalue weighted by atomic mass is 19.1. The van der Waals surface area contributed by atoms with Crippen LogP contribution in [0.15, 0.2) is 66.7 Å². The Labute approximate surface area is 171 Å². The lowest BCUT2D eigenvalue weighted by Gasteiger charge is -2.16. The lowest BCUT2D eigenvalue weighted by molar-refractivity contribution is 0.276. The van der Waals surface area contributed by atoms with Gasteiger partial charge >= 0.3 is 0 Å². The van der Waals surface area contributed by atoms with E-state index in [1.807, 2.05) is 30.3 Å². The van der Waals surface area contributed by atoms with Crippen LogP contribution in [0.2, 0.25) is 0 Å². The van der Waals surface area contributed by atoms with E-state index in [0.717, 1.165) is 24.3 Å². The lowest BCUT2D eigenvalue weighted by atomic mass is 10.1. The van der Waals surface area contributed by atoms with E-state index < -0.39 is 0 Å². The summed E-state index contributed by atoms with van der Waals surface area (Å²) < 4.78 is 30.5. The highest BCUT2D eigenvalue weighted by molar-refractivity contribution is 5.46. The van der Waals surface area contributed by atoms with Crippen molar-refractivity contribution in [1.29, 1.82) is 0 Å². The number of methoxy groups -OCH3 is 2. The maximum atomic E-state index is 13.9. The van der Waals surface area contributed by atoms with Crippen LogP contribution < -0.4 is 19.5 Å². The topological polar surface area (TPSA) is 39.7 Å². The first-order chi connectivity index (χ1) is 14.2. The minimum absolute atomic E-state index is 0.145. The Bertz CT molecular complexity index is 912. The first-order valence-corrected chi connectivity index (χ1v) is 9.57. The van der Waals surface area contributed by atoms with Crippen molar-refractivity contribution >= 4 is 0 Å². The Balaban J connectivity index is 1.60. The number of rotatable bonds is 10. The molecule has 0 aliphatic heterocycles. The lowest BCUT2D eigenvalue weighted by Crippen LogP contribution is -2.17. The second kappa shape index (κ2) is 10.5. The Morgan fingerprint density at radius 3 is 2.31 bits per heavy atom. The molecule has 3 aromatic carbocycles. The molecule has 0 atom stereocenters. The predicted molar refractivity (Wildman–Crippen MR) is 112 cm³/mol. The maximum Gasteiger partial charge on any atom is 0.166 e. The van der Waals surface area contributed by atoms with Crippen molar-refractivity contribution in [3.63, 3.8) is 0 Å². The van der Waals surface area contributed by atoms with Crippen LogP contribution in [-0.4, -0.2) is 20.8 Å². The third-order valence-electron chi connectivity index (χ3n) is 4.68. The molecule has 0 saturated heterocycles. The summed E-state index contributed by atoms with van der Waals surface area (Å²) in [7, 11) is 3.27. The van der Waals surface area contributed by atoms with Gasteiger partial charge in [-0.1, -0.05) is 42.5 Å². The fourth-order valence-electron chi connectivity index (χ4n) is 3.04. The Hall–Kier alpha value is -3.05. The van der Waals surface area contributed by atoms with E-state index in [-0.39, 0.29) is 12.4 Å². The summed E-state index contributed by atoms with van der Waals surface area (Å²) in [6, 6.07) is 20.4. The van der Waals surface area contributed by atoms with Gasteiger partial charge in [0.15, 0.2) is 11.5 Å². The molecule has 0 bridgehead atoms. The van der Waals surface area contributed by atoms with E-state index in [4.69, 9.17) is 14.2 Å². The molecular weight excluding hydrogens is 369 g/mol. The molecule has 0 unspecified atom stereocenters. The standard InChI is InChI=1S/C24H26FNO3/c1-27-21-12-10-18(11-13-21)14-15-26-16-19-7-5-9-23(28-2)24(19)29-17-20-6-3-4-8-22(20)25/h3-13,26H,14-17H2,1-2H3. The van der Waals surface area contributed by atoms with E-state index in [1.165, 1.54) is 11.6 Å². The summed E-state index contributed by atoms with van der Waals surface area (Å²) in [6.07, 6.45) is 0.902. The van der Waals surface area contributed by atoms with Crippen LogP contribution in [-0.2, 0) is 19.6 Å². The van der Waals surface area contributed by atoms with Crippen LogP contribution in [0.4, 0.5) is 4.39 Å². The summed E-state index contributed by atoms with van der Waals surface area (Å²) in [4.78, 5) is 0. The van der Waals surface area contributed by atoms with Crippen LogP contribution in [0, 0.1) is 5.82 Å². The van der Waals surface area contributed by atoms with Gasteiger partial charge in [-0.25, -0.2) is 4.39 Å². The van der Waals surface area contributed by atoms with Crippen LogP contribution in [0.1, 0.15) is 16.7 Å². The summed E-state index contributed by atoms with van der Waals surface area (Å²) in [6.45, 7) is 1.59. The molecule has 0 radical (unpaired) electrons. The van der Waals surface area contributed by atoms with Crippen molar-refractivity contribution < 1.29 is 18.6 Å². The number of halogens is 1. The van der Waals surface area contributed by atoms with Crippen LogP contribution in [0.3, 0.4) is 0 Å². The molecule has 0 amide bonds. The van der Waals surface area contributed by atoms with Crippen LogP contribution >= 0.6 is 0 Å². The quantitative estimate of drug-likeness (QED) is 0.503. The average Bonchev–Trinajstić information content (AvgIpc) is 2.76. The molecule has 0 aromatic heterocycles. The molecule has 0 fully saturated rings. The fourth-order valence-corrected chi connectivity index (χ4v) is 3.04. The van der Waals surface area contributed by atoms with Crippen molar-refractivity contribution in [2.45, 2.75) is 19.6 Å². The molecule has 29 heavy (non-hydrogen) atoms. The normalized spacial score (nSPS) is 10.6. The van der Waals surface area contributed by atoms with Crippen molar-refractivity contribution in [3.05, 3.63) is 89.2 Å². The van der Waals surface area contributed by atoms with Crippen molar-refractivity contribution in [2.75, 3.05) is 20.8 Å². The first-order valence-electron chi connectivity index (χ1n) is 9.57. The zero-order chi connectivity index (χ0) is 20.5. The number of para-hydroxylation sites is 1. The maximum absolute atomic E-state index is 13.9. The number of hydrogen-bond acceptors (Lipinski definition) is 4. The highest BCUT2D eigenvalue weighted by Gasteiger charge is 2.12. The Morgan fingerprint density at radius 2 is 1.59 bits per heavy atom. The van der Waals surface area contributed by atoms with Gasteiger partial charge in [-0.05, 0) is 42.8 Å². The zero-order valence-corrected chi connectivity index (χ0v) is 16.8. The summed E-state index contributed by atoms with van der Waals surface area (Å²) in [5.74, 6) is 1.85. The smallest absolute Gasteiger partial charge is 0.166 e. The summed E-state index contributed by atoms with van der Waals surface area (Å²) in [5.41, 5.74) is 2.72.